The second-order valence-corrected chi connectivity index (χ2v) is 11.1. The molecule has 0 fully saturated rings. The number of nitrogens with zero attached hydrogens (tertiary/aromatic N) is 1. The second kappa shape index (κ2) is 9.17. The minimum atomic E-state index is -3.88. The van der Waals surface area contributed by atoms with Crippen LogP contribution in [0.25, 0.3) is 0 Å². The summed E-state index contributed by atoms with van der Waals surface area (Å²) in [5.41, 5.74) is 1.36. The van der Waals surface area contributed by atoms with Gasteiger partial charge >= 0.3 is 5.97 Å². The van der Waals surface area contributed by atoms with Crippen molar-refractivity contribution in [2.45, 2.75) is 64.5 Å². The van der Waals surface area contributed by atoms with Crippen LogP contribution in [0, 0.1) is 18.8 Å². The van der Waals surface area contributed by atoms with Crippen LogP contribution in [0.5, 0.6) is 0 Å². The molecule has 178 valence electrons. The Hall–Kier alpha value is -2.87. The van der Waals surface area contributed by atoms with Crippen LogP contribution in [0.15, 0.2) is 59.0 Å². The lowest BCUT2D eigenvalue weighted by Crippen LogP contribution is -2.43. The zero-order valence-corrected chi connectivity index (χ0v) is 20.7. The molecule has 0 aliphatic carbocycles. The number of sulfonamides is 1. The number of hydrogen-bond acceptors (Lipinski definition) is 6. The molecule has 1 aliphatic heterocycles. The second-order valence-electron chi connectivity index (χ2n) is 9.52. The van der Waals surface area contributed by atoms with Gasteiger partial charge in [-0.3, -0.25) is 4.72 Å². The fourth-order valence-electron chi connectivity index (χ4n) is 3.98. The number of hydrogen-bond donors (Lipinski definition) is 2. The molecule has 7 nitrogen and oxygen atoms in total. The first-order chi connectivity index (χ1) is 15.3. The summed E-state index contributed by atoms with van der Waals surface area (Å²) in [7, 11) is -3.88. The lowest BCUT2D eigenvalue weighted by Gasteiger charge is -2.39. The van der Waals surface area contributed by atoms with E-state index in [-0.39, 0.29) is 34.6 Å². The van der Waals surface area contributed by atoms with Crippen molar-refractivity contribution in [3.63, 3.8) is 0 Å². The number of ether oxygens (including phenoxy) is 1. The molecule has 33 heavy (non-hydrogen) atoms. The van der Waals surface area contributed by atoms with Crippen LogP contribution >= 0.6 is 0 Å². The van der Waals surface area contributed by atoms with Gasteiger partial charge in [0, 0.05) is 24.2 Å². The number of carbonyl (C=O) groups is 1. The molecular formula is C25H32N2O5S. The van der Waals surface area contributed by atoms with Crippen molar-refractivity contribution in [3.8, 4) is 0 Å². The standard InChI is InChI=1S/C25H32N2O5S/c1-15(2)22(23-20(28)13-25(6,16(3)4)32-24(23)29)18-8-7-9-19(12-18)27-33(30,31)21-11-10-17(5)14-26-21/h7-12,14-16,22,27-28H,13H2,1-6H3. The van der Waals surface area contributed by atoms with Crippen LogP contribution in [0.3, 0.4) is 0 Å². The number of benzene rings is 1. The minimum Gasteiger partial charge on any atom is -0.512 e. The maximum absolute atomic E-state index is 13.0. The highest BCUT2D eigenvalue weighted by atomic mass is 32.2. The van der Waals surface area contributed by atoms with Gasteiger partial charge in [-0.2, -0.15) is 8.42 Å². The summed E-state index contributed by atoms with van der Waals surface area (Å²) in [6.07, 6.45) is 1.73. The van der Waals surface area contributed by atoms with Crippen LogP contribution in [0.4, 0.5) is 5.69 Å². The Labute approximate surface area is 196 Å². The lowest BCUT2D eigenvalue weighted by molar-refractivity contribution is -0.162. The predicted octanol–water partition coefficient (Wildman–Crippen LogP) is 5.10. The number of aromatic nitrogens is 1. The lowest BCUT2D eigenvalue weighted by atomic mass is 9.77. The zero-order valence-electron chi connectivity index (χ0n) is 19.9. The maximum Gasteiger partial charge on any atom is 0.338 e. The van der Waals surface area contributed by atoms with E-state index in [0.29, 0.717) is 11.3 Å². The number of nitrogens with one attached hydrogen (secondary N) is 1. The molecule has 2 unspecified atom stereocenters. The van der Waals surface area contributed by atoms with E-state index in [2.05, 4.69) is 9.71 Å². The minimum absolute atomic E-state index is 0.0241. The highest BCUT2D eigenvalue weighted by molar-refractivity contribution is 7.92. The van der Waals surface area contributed by atoms with Crippen LogP contribution in [0.1, 0.15) is 58.1 Å². The van der Waals surface area contributed by atoms with Crippen LogP contribution in [-0.2, 0) is 19.6 Å². The first kappa shape index (κ1) is 24.8. The molecule has 2 N–H and O–H groups in total. The van der Waals surface area contributed by atoms with Crippen LogP contribution in [-0.4, -0.2) is 30.1 Å². The number of pyridine rings is 1. The van der Waals surface area contributed by atoms with E-state index >= 15 is 0 Å². The monoisotopic (exact) mass is 472 g/mol. The number of esters is 1. The van der Waals surface area contributed by atoms with Gasteiger partial charge in [0.2, 0.25) is 0 Å². The van der Waals surface area contributed by atoms with Gasteiger partial charge in [0.15, 0.2) is 5.03 Å². The number of aliphatic hydroxyl groups is 1. The van der Waals surface area contributed by atoms with Crippen molar-refractivity contribution < 1.29 is 23.1 Å². The fraction of sp³-hybridized carbons (Fsp3) is 0.440. The first-order valence-electron chi connectivity index (χ1n) is 11.0. The zero-order chi connectivity index (χ0) is 24.6. The van der Waals surface area contributed by atoms with Gasteiger partial charge in [0.25, 0.3) is 10.0 Å². The van der Waals surface area contributed by atoms with E-state index in [0.717, 1.165) is 5.56 Å². The summed E-state index contributed by atoms with van der Waals surface area (Å²) in [5.74, 6) is -0.991. The molecule has 8 heteroatoms. The van der Waals surface area contributed by atoms with Crippen molar-refractivity contribution in [1.82, 2.24) is 4.98 Å². The Morgan fingerprint density at radius 2 is 1.85 bits per heavy atom. The van der Waals surface area contributed by atoms with Gasteiger partial charge in [0.1, 0.15) is 11.4 Å². The van der Waals surface area contributed by atoms with Gasteiger partial charge in [0.05, 0.1) is 5.57 Å². The summed E-state index contributed by atoms with van der Waals surface area (Å²) >= 11 is 0. The Balaban J connectivity index is 1.97. The number of carbonyl (C=O) groups excluding carboxylic acids is 1. The van der Waals surface area contributed by atoms with E-state index in [9.17, 15) is 18.3 Å². The highest BCUT2D eigenvalue weighted by Gasteiger charge is 2.43. The van der Waals surface area contributed by atoms with Crippen molar-refractivity contribution in [2.75, 3.05) is 4.72 Å². The third kappa shape index (κ3) is 5.21. The topological polar surface area (TPSA) is 106 Å². The molecule has 0 bridgehead atoms. The summed E-state index contributed by atoms with van der Waals surface area (Å²) < 4.78 is 33.9. The van der Waals surface area contributed by atoms with Gasteiger partial charge in [-0.15, -0.1) is 0 Å². The molecule has 2 heterocycles. The first-order valence-corrected chi connectivity index (χ1v) is 12.5. The van der Waals surface area contributed by atoms with Gasteiger partial charge in [-0.1, -0.05) is 45.9 Å². The predicted molar refractivity (Wildman–Crippen MR) is 127 cm³/mol. The number of aryl methyl sites for hydroxylation is 1. The van der Waals surface area contributed by atoms with E-state index in [1.165, 1.54) is 12.3 Å². The molecule has 0 radical (unpaired) electrons. The molecule has 3 rings (SSSR count). The molecule has 2 atom stereocenters. The average molecular weight is 473 g/mol. The Morgan fingerprint density at radius 1 is 1.15 bits per heavy atom. The van der Waals surface area contributed by atoms with E-state index in [1.54, 1.807) is 24.3 Å². The molecule has 0 saturated heterocycles. The molecule has 0 saturated carbocycles. The maximum atomic E-state index is 13.0. The average Bonchev–Trinajstić information content (AvgIpc) is 2.70. The quantitative estimate of drug-likeness (QED) is 0.543. The van der Waals surface area contributed by atoms with Crippen molar-refractivity contribution in [1.29, 1.82) is 0 Å². The third-order valence-corrected chi connectivity index (χ3v) is 7.53. The van der Waals surface area contributed by atoms with Crippen molar-refractivity contribution in [2.24, 2.45) is 11.8 Å². The molecule has 1 aromatic carbocycles. The summed E-state index contributed by atoms with van der Waals surface area (Å²) in [4.78, 5) is 17.0. The van der Waals surface area contributed by atoms with Crippen molar-refractivity contribution >= 4 is 21.7 Å². The van der Waals surface area contributed by atoms with E-state index < -0.39 is 27.5 Å². The smallest absolute Gasteiger partial charge is 0.338 e. The molecule has 2 aromatic rings. The Kier molecular flexibility index (Phi) is 6.88. The van der Waals surface area contributed by atoms with E-state index in [4.69, 9.17) is 4.74 Å². The van der Waals surface area contributed by atoms with Gasteiger partial charge < -0.3 is 9.84 Å². The number of cyclic esters (lactones) is 1. The number of anilines is 1. The largest absolute Gasteiger partial charge is 0.512 e. The van der Waals surface area contributed by atoms with Crippen molar-refractivity contribution in [3.05, 3.63) is 65.1 Å². The molecule has 0 amide bonds. The SMILES string of the molecule is Cc1ccc(S(=O)(=O)Nc2cccc(C(C3=C(O)CC(C)(C(C)C)OC3=O)C(C)C)c2)nc1. The summed E-state index contributed by atoms with van der Waals surface area (Å²) in [5, 5.41) is 10.8. The summed E-state index contributed by atoms with van der Waals surface area (Å²) in [6, 6.07) is 9.98. The summed E-state index contributed by atoms with van der Waals surface area (Å²) in [6.45, 7) is 11.4. The molecule has 1 aliphatic rings. The highest BCUT2D eigenvalue weighted by Crippen LogP contribution is 2.42. The third-order valence-electron chi connectivity index (χ3n) is 6.23. The normalized spacial score (nSPS) is 20.2. The Morgan fingerprint density at radius 3 is 2.39 bits per heavy atom. The fourth-order valence-corrected chi connectivity index (χ4v) is 4.96. The van der Waals surface area contributed by atoms with Gasteiger partial charge in [-0.05, 0) is 55.0 Å². The van der Waals surface area contributed by atoms with Crippen LogP contribution < -0.4 is 4.72 Å². The van der Waals surface area contributed by atoms with E-state index in [1.807, 2.05) is 47.6 Å². The molecule has 0 spiro atoms. The molecular weight excluding hydrogens is 440 g/mol. The molecule has 1 aromatic heterocycles. The van der Waals surface area contributed by atoms with Gasteiger partial charge in [-0.25, -0.2) is 9.78 Å². The van der Waals surface area contributed by atoms with Crippen LogP contribution in [0.2, 0.25) is 0 Å². The number of rotatable bonds is 7. The number of aliphatic hydroxyl groups excluding tert-OH is 1. The Bertz CT molecular complexity index is 1170.